The van der Waals surface area contributed by atoms with E-state index in [9.17, 15) is 0 Å². The van der Waals surface area contributed by atoms with Crippen LogP contribution in [0.5, 0.6) is 5.88 Å². The van der Waals surface area contributed by atoms with E-state index >= 15 is 0 Å². The Balaban J connectivity index is 1.89. The van der Waals surface area contributed by atoms with E-state index in [4.69, 9.17) is 16.3 Å². The van der Waals surface area contributed by atoms with Crippen molar-refractivity contribution in [2.75, 3.05) is 6.61 Å². The first kappa shape index (κ1) is 15.7. The van der Waals surface area contributed by atoms with Gasteiger partial charge in [0, 0.05) is 37.0 Å². The van der Waals surface area contributed by atoms with Crippen LogP contribution in [0.2, 0.25) is 5.02 Å². The fourth-order valence-corrected chi connectivity index (χ4v) is 1.95. The highest BCUT2D eigenvalue weighted by Gasteiger charge is 2.06. The van der Waals surface area contributed by atoms with E-state index < -0.39 is 0 Å². The molecule has 0 atom stereocenters. The molecular weight excluding hydrogens is 286 g/mol. The zero-order valence-corrected chi connectivity index (χ0v) is 13.1. The minimum absolute atomic E-state index is 0.386. The predicted molar refractivity (Wildman–Crippen MR) is 84.7 cm³/mol. The summed E-state index contributed by atoms with van der Waals surface area (Å²) in [6.07, 6.45) is 2.54. The van der Waals surface area contributed by atoms with Crippen LogP contribution < -0.4 is 10.1 Å². The van der Waals surface area contributed by atoms with Gasteiger partial charge in [0.25, 0.3) is 0 Å². The molecule has 0 aliphatic heterocycles. The van der Waals surface area contributed by atoms with Crippen molar-refractivity contribution in [2.24, 2.45) is 0 Å². The Kier molecular flexibility index (Phi) is 5.96. The first-order valence-corrected chi connectivity index (χ1v) is 7.44. The smallest absolute Gasteiger partial charge is 0.213 e. The molecule has 0 amide bonds. The third-order valence-electron chi connectivity index (χ3n) is 2.91. The molecule has 5 heteroatoms. The van der Waals surface area contributed by atoms with Crippen molar-refractivity contribution in [3.8, 4) is 5.88 Å². The van der Waals surface area contributed by atoms with Crippen LogP contribution in [-0.4, -0.2) is 22.6 Å². The van der Waals surface area contributed by atoms with Crippen LogP contribution in [0.15, 0.2) is 36.5 Å². The molecule has 0 aliphatic rings. The Bertz CT molecular complexity index is 561. The molecule has 2 heterocycles. The van der Waals surface area contributed by atoms with Crippen LogP contribution in [0.4, 0.5) is 0 Å². The maximum atomic E-state index is 6.14. The highest BCUT2D eigenvalue weighted by atomic mass is 35.5. The second-order valence-electron chi connectivity index (χ2n) is 5.03. The first-order chi connectivity index (χ1) is 10.1. The Morgan fingerprint density at radius 2 is 2.10 bits per heavy atom. The van der Waals surface area contributed by atoms with Crippen molar-refractivity contribution >= 4 is 11.6 Å². The van der Waals surface area contributed by atoms with Crippen LogP contribution in [0, 0.1) is 0 Å². The van der Waals surface area contributed by atoms with Gasteiger partial charge >= 0.3 is 0 Å². The normalized spacial score (nSPS) is 10.9. The summed E-state index contributed by atoms with van der Waals surface area (Å²) in [5.74, 6) is 0.593. The third-order valence-corrected chi connectivity index (χ3v) is 3.25. The van der Waals surface area contributed by atoms with Gasteiger partial charge in [0.15, 0.2) is 0 Å². The van der Waals surface area contributed by atoms with Crippen molar-refractivity contribution in [3.05, 3.63) is 52.9 Å². The quantitative estimate of drug-likeness (QED) is 0.853. The molecule has 0 aromatic carbocycles. The lowest BCUT2D eigenvalue weighted by molar-refractivity contribution is 0.307. The highest BCUT2D eigenvalue weighted by molar-refractivity contribution is 6.31. The van der Waals surface area contributed by atoms with Crippen LogP contribution >= 0.6 is 11.6 Å². The number of nitrogens with one attached hydrogen (secondary N) is 1. The zero-order chi connectivity index (χ0) is 15.1. The lowest BCUT2D eigenvalue weighted by Crippen LogP contribution is -2.22. The maximum Gasteiger partial charge on any atom is 0.213 e. The van der Waals surface area contributed by atoms with Gasteiger partial charge in [-0.25, -0.2) is 4.98 Å². The molecule has 1 N–H and O–H groups in total. The molecule has 2 rings (SSSR count). The van der Waals surface area contributed by atoms with Gasteiger partial charge < -0.3 is 10.1 Å². The molecule has 0 bridgehead atoms. The van der Waals surface area contributed by atoms with Crippen molar-refractivity contribution in [3.63, 3.8) is 0 Å². The molecule has 21 heavy (non-hydrogen) atoms. The molecule has 0 fully saturated rings. The van der Waals surface area contributed by atoms with Gasteiger partial charge in [0.05, 0.1) is 17.3 Å². The minimum Gasteiger partial charge on any atom is -0.477 e. The summed E-state index contributed by atoms with van der Waals surface area (Å²) in [6, 6.07) is 9.85. The number of halogens is 1. The zero-order valence-electron chi connectivity index (χ0n) is 12.3. The van der Waals surface area contributed by atoms with Crippen LogP contribution in [0.25, 0.3) is 0 Å². The van der Waals surface area contributed by atoms with Gasteiger partial charge in [-0.2, -0.15) is 0 Å². The average Bonchev–Trinajstić information content (AvgIpc) is 2.48. The number of nitrogens with zero attached hydrogens (tertiary/aromatic N) is 2. The van der Waals surface area contributed by atoms with E-state index in [1.165, 1.54) is 0 Å². The van der Waals surface area contributed by atoms with Crippen molar-refractivity contribution in [2.45, 2.75) is 32.9 Å². The van der Waals surface area contributed by atoms with E-state index in [0.717, 1.165) is 17.8 Å². The monoisotopic (exact) mass is 305 g/mol. The summed E-state index contributed by atoms with van der Waals surface area (Å²) in [4.78, 5) is 8.70. The number of rotatable bonds is 7. The molecule has 0 radical (unpaired) electrons. The molecule has 2 aromatic rings. The number of pyridine rings is 2. The molecule has 0 saturated heterocycles. The highest BCUT2D eigenvalue weighted by Crippen LogP contribution is 2.18. The van der Waals surface area contributed by atoms with Crippen molar-refractivity contribution in [1.29, 1.82) is 0 Å². The molecule has 0 aliphatic carbocycles. The standard InChI is InChI=1S/C16H20ClN3O/c1-12(2)19-11-15-14(17)6-7-16(20-15)21-10-8-13-5-3-4-9-18-13/h3-7,9,12,19H,8,10-11H2,1-2H3. The molecule has 0 saturated carbocycles. The van der Waals surface area contributed by atoms with Gasteiger partial charge in [-0.05, 0) is 18.2 Å². The Hall–Kier alpha value is -1.65. The second-order valence-corrected chi connectivity index (χ2v) is 5.44. The van der Waals surface area contributed by atoms with Crippen LogP contribution in [0.3, 0.4) is 0 Å². The third kappa shape index (κ3) is 5.33. The SMILES string of the molecule is CC(C)NCc1nc(OCCc2ccccn2)ccc1Cl. The number of ether oxygens (including phenoxy) is 1. The van der Waals surface area contributed by atoms with Crippen LogP contribution in [-0.2, 0) is 13.0 Å². The summed E-state index contributed by atoms with van der Waals surface area (Å²) in [6.45, 7) is 5.35. The summed E-state index contributed by atoms with van der Waals surface area (Å²) < 4.78 is 5.67. The van der Waals surface area contributed by atoms with Gasteiger partial charge in [0.2, 0.25) is 5.88 Å². The van der Waals surface area contributed by atoms with E-state index in [0.29, 0.717) is 30.1 Å². The summed E-state index contributed by atoms with van der Waals surface area (Å²) in [7, 11) is 0. The summed E-state index contributed by atoms with van der Waals surface area (Å²) >= 11 is 6.14. The topological polar surface area (TPSA) is 47.0 Å². The summed E-state index contributed by atoms with van der Waals surface area (Å²) in [5, 5.41) is 3.95. The molecule has 2 aromatic heterocycles. The number of hydrogen-bond acceptors (Lipinski definition) is 4. The lowest BCUT2D eigenvalue weighted by Gasteiger charge is -2.11. The van der Waals surface area contributed by atoms with E-state index in [-0.39, 0.29) is 0 Å². The predicted octanol–water partition coefficient (Wildman–Crippen LogP) is 3.25. The van der Waals surface area contributed by atoms with Gasteiger partial charge in [-0.1, -0.05) is 31.5 Å². The number of aromatic nitrogens is 2. The fourth-order valence-electron chi connectivity index (χ4n) is 1.78. The minimum atomic E-state index is 0.386. The Morgan fingerprint density at radius 3 is 2.81 bits per heavy atom. The first-order valence-electron chi connectivity index (χ1n) is 7.06. The van der Waals surface area contributed by atoms with Gasteiger partial charge in [-0.3, -0.25) is 4.98 Å². The van der Waals surface area contributed by atoms with Gasteiger partial charge in [0.1, 0.15) is 0 Å². The Labute approximate surface area is 130 Å². The molecular formula is C16H20ClN3O. The lowest BCUT2D eigenvalue weighted by atomic mass is 10.3. The molecule has 0 unspecified atom stereocenters. The fraction of sp³-hybridized carbons (Fsp3) is 0.375. The van der Waals surface area contributed by atoms with Crippen molar-refractivity contribution < 1.29 is 4.74 Å². The summed E-state index contributed by atoms with van der Waals surface area (Å²) in [5.41, 5.74) is 1.81. The van der Waals surface area contributed by atoms with E-state index in [1.807, 2.05) is 24.3 Å². The van der Waals surface area contributed by atoms with Crippen LogP contribution in [0.1, 0.15) is 25.2 Å². The second kappa shape index (κ2) is 7.96. The molecule has 4 nitrogen and oxygen atoms in total. The maximum absolute atomic E-state index is 6.14. The van der Waals surface area contributed by atoms with Crippen molar-refractivity contribution in [1.82, 2.24) is 15.3 Å². The molecule has 112 valence electrons. The largest absolute Gasteiger partial charge is 0.477 e. The van der Waals surface area contributed by atoms with E-state index in [1.54, 1.807) is 12.3 Å². The average molecular weight is 306 g/mol. The Morgan fingerprint density at radius 1 is 1.24 bits per heavy atom. The van der Waals surface area contributed by atoms with E-state index in [2.05, 4.69) is 29.1 Å². The number of hydrogen-bond donors (Lipinski definition) is 1. The van der Waals surface area contributed by atoms with Gasteiger partial charge in [-0.15, -0.1) is 0 Å². The molecule has 0 spiro atoms.